The topological polar surface area (TPSA) is 62.5 Å². The van der Waals surface area contributed by atoms with Crippen molar-refractivity contribution in [2.24, 2.45) is 5.92 Å². The lowest BCUT2D eigenvalue weighted by Crippen LogP contribution is -2.38. The molecule has 1 aliphatic heterocycles. The number of aromatic nitrogens is 3. The minimum absolute atomic E-state index is 0.0158. The highest BCUT2D eigenvalue weighted by Crippen LogP contribution is 2.28. The molecule has 3 heterocycles. The summed E-state index contributed by atoms with van der Waals surface area (Å²) in [5, 5.41) is 7.78. The molecule has 1 fully saturated rings. The van der Waals surface area contributed by atoms with Crippen molar-refractivity contribution in [1.82, 2.24) is 14.6 Å². The van der Waals surface area contributed by atoms with E-state index in [1.807, 2.05) is 60.1 Å². The van der Waals surface area contributed by atoms with Gasteiger partial charge in [0.1, 0.15) is 5.52 Å². The Bertz CT molecular complexity index is 1190. The minimum atomic E-state index is 0.0158. The van der Waals surface area contributed by atoms with Crippen LogP contribution in [-0.2, 0) is 4.79 Å². The van der Waals surface area contributed by atoms with Crippen LogP contribution in [0.3, 0.4) is 0 Å². The third-order valence-electron chi connectivity index (χ3n) is 5.92. The van der Waals surface area contributed by atoms with E-state index in [0.29, 0.717) is 0 Å². The molecule has 0 spiro atoms. The largest absolute Gasteiger partial charge is 0.355 e. The van der Waals surface area contributed by atoms with E-state index < -0.39 is 0 Å². The van der Waals surface area contributed by atoms with E-state index >= 15 is 0 Å². The predicted molar refractivity (Wildman–Crippen MR) is 123 cm³/mol. The van der Waals surface area contributed by atoms with Crippen molar-refractivity contribution in [3.8, 4) is 11.3 Å². The van der Waals surface area contributed by atoms with Crippen molar-refractivity contribution in [3.05, 3.63) is 78.6 Å². The number of hydrogen-bond acceptors (Lipinski definition) is 4. The van der Waals surface area contributed by atoms with Gasteiger partial charge >= 0.3 is 0 Å². The van der Waals surface area contributed by atoms with Crippen molar-refractivity contribution in [3.63, 3.8) is 0 Å². The highest BCUT2D eigenvalue weighted by molar-refractivity contribution is 5.92. The number of fused-ring (bicyclic) bond motifs is 1. The third kappa shape index (κ3) is 4.01. The van der Waals surface area contributed by atoms with Gasteiger partial charge in [0.25, 0.3) is 0 Å². The molecular weight excluding hydrogens is 386 g/mol. The van der Waals surface area contributed by atoms with Gasteiger partial charge in [-0.3, -0.25) is 4.79 Å². The Morgan fingerprint density at radius 3 is 2.52 bits per heavy atom. The normalized spacial score (nSPS) is 14.7. The maximum Gasteiger partial charge on any atom is 0.227 e. The van der Waals surface area contributed by atoms with Crippen molar-refractivity contribution in [2.75, 3.05) is 23.3 Å². The first-order chi connectivity index (χ1) is 15.2. The van der Waals surface area contributed by atoms with E-state index in [1.54, 1.807) is 6.20 Å². The lowest BCUT2D eigenvalue weighted by Gasteiger charge is -2.32. The van der Waals surface area contributed by atoms with Gasteiger partial charge in [-0.1, -0.05) is 48.0 Å². The van der Waals surface area contributed by atoms with Crippen LogP contribution in [0.5, 0.6) is 0 Å². The number of anilines is 2. The zero-order valence-electron chi connectivity index (χ0n) is 17.5. The number of carbonyl (C=O) groups excluding carboxylic acids is 1. The Morgan fingerprint density at radius 2 is 1.77 bits per heavy atom. The summed E-state index contributed by atoms with van der Waals surface area (Å²) < 4.78 is 1.89. The molecule has 1 aliphatic rings. The third-order valence-corrected chi connectivity index (χ3v) is 5.92. The molecule has 0 atom stereocenters. The Kier molecular flexibility index (Phi) is 5.12. The van der Waals surface area contributed by atoms with Crippen LogP contribution >= 0.6 is 0 Å². The molecular formula is C25H25N5O. The molecule has 0 radical (unpaired) electrons. The van der Waals surface area contributed by atoms with Gasteiger partial charge in [0, 0.05) is 42.7 Å². The molecule has 0 bridgehead atoms. The molecule has 1 N–H and O–H groups in total. The van der Waals surface area contributed by atoms with Crippen LogP contribution in [0.1, 0.15) is 18.4 Å². The molecule has 6 heteroatoms. The summed E-state index contributed by atoms with van der Waals surface area (Å²) in [6.07, 6.45) is 5.29. The highest BCUT2D eigenvalue weighted by Gasteiger charge is 2.27. The number of hydrogen-bond donors (Lipinski definition) is 1. The standard InChI is InChI=1S/C25H25N5O/c1-18-7-9-21(10-8-18)27-25(31)20-11-14-29(15-12-20)24-23-17-22(19-5-3-2-4-6-19)28-30(23)16-13-26-24/h2-10,13,16-17,20H,11-12,14-15H2,1H3,(H,27,31). The molecule has 4 aromatic rings. The number of benzene rings is 2. The number of nitrogens with zero attached hydrogens (tertiary/aromatic N) is 4. The first-order valence-corrected chi connectivity index (χ1v) is 10.7. The molecule has 1 amide bonds. The van der Waals surface area contributed by atoms with Crippen LogP contribution in [0.25, 0.3) is 16.8 Å². The molecule has 0 aliphatic carbocycles. The summed E-state index contributed by atoms with van der Waals surface area (Å²) in [5.74, 6) is 1.04. The van der Waals surface area contributed by atoms with Crippen LogP contribution in [0, 0.1) is 12.8 Å². The van der Waals surface area contributed by atoms with Gasteiger partial charge in [-0.05, 0) is 38.0 Å². The van der Waals surface area contributed by atoms with Crippen molar-refractivity contribution >= 4 is 22.9 Å². The summed E-state index contributed by atoms with van der Waals surface area (Å²) in [5.41, 5.74) is 5.05. The Balaban J connectivity index is 1.29. The maximum atomic E-state index is 12.7. The first-order valence-electron chi connectivity index (χ1n) is 10.7. The summed E-state index contributed by atoms with van der Waals surface area (Å²) >= 11 is 0. The van der Waals surface area contributed by atoms with Gasteiger partial charge in [0.15, 0.2) is 5.82 Å². The Labute approximate surface area is 181 Å². The van der Waals surface area contributed by atoms with E-state index in [1.165, 1.54) is 5.56 Å². The zero-order valence-corrected chi connectivity index (χ0v) is 17.5. The number of rotatable bonds is 4. The molecule has 0 saturated carbocycles. The molecule has 2 aromatic carbocycles. The number of amides is 1. The van der Waals surface area contributed by atoms with Gasteiger partial charge in [0.05, 0.1) is 5.69 Å². The van der Waals surface area contributed by atoms with Gasteiger partial charge in [-0.2, -0.15) is 5.10 Å². The lowest BCUT2D eigenvalue weighted by molar-refractivity contribution is -0.120. The average Bonchev–Trinajstić information content (AvgIpc) is 3.26. The first kappa shape index (κ1) is 19.3. The smallest absolute Gasteiger partial charge is 0.227 e. The summed E-state index contributed by atoms with van der Waals surface area (Å²) in [6, 6.07) is 20.2. The van der Waals surface area contributed by atoms with E-state index in [-0.39, 0.29) is 11.8 Å². The fourth-order valence-corrected chi connectivity index (χ4v) is 4.14. The lowest BCUT2D eigenvalue weighted by atomic mass is 9.95. The summed E-state index contributed by atoms with van der Waals surface area (Å²) in [7, 11) is 0. The summed E-state index contributed by atoms with van der Waals surface area (Å²) in [6.45, 7) is 3.63. The fraction of sp³-hybridized carbons (Fsp3) is 0.240. The molecule has 6 nitrogen and oxygen atoms in total. The zero-order chi connectivity index (χ0) is 21.2. The monoisotopic (exact) mass is 411 g/mol. The quantitative estimate of drug-likeness (QED) is 0.535. The Hall–Kier alpha value is -3.67. The molecule has 1 saturated heterocycles. The number of piperidine rings is 1. The van der Waals surface area contributed by atoms with Gasteiger partial charge in [-0.25, -0.2) is 9.50 Å². The number of aryl methyl sites for hydroxylation is 1. The fourth-order valence-electron chi connectivity index (χ4n) is 4.14. The van der Waals surface area contributed by atoms with Crippen LogP contribution in [0.15, 0.2) is 73.1 Å². The number of carbonyl (C=O) groups is 1. The Morgan fingerprint density at radius 1 is 1.03 bits per heavy atom. The summed E-state index contributed by atoms with van der Waals surface area (Å²) in [4.78, 5) is 19.6. The van der Waals surface area contributed by atoms with Crippen LogP contribution < -0.4 is 10.2 Å². The maximum absolute atomic E-state index is 12.7. The minimum Gasteiger partial charge on any atom is -0.355 e. The van der Waals surface area contributed by atoms with Crippen LogP contribution in [0.2, 0.25) is 0 Å². The van der Waals surface area contributed by atoms with Crippen molar-refractivity contribution < 1.29 is 4.79 Å². The van der Waals surface area contributed by atoms with Gasteiger partial charge in [0.2, 0.25) is 5.91 Å². The molecule has 0 unspecified atom stereocenters. The highest BCUT2D eigenvalue weighted by atomic mass is 16.1. The van der Waals surface area contributed by atoms with Gasteiger partial charge < -0.3 is 10.2 Å². The van der Waals surface area contributed by atoms with E-state index in [4.69, 9.17) is 5.10 Å². The molecule has 31 heavy (non-hydrogen) atoms. The second-order valence-corrected chi connectivity index (χ2v) is 8.09. The van der Waals surface area contributed by atoms with E-state index in [0.717, 1.165) is 54.2 Å². The van der Waals surface area contributed by atoms with E-state index in [9.17, 15) is 4.79 Å². The SMILES string of the molecule is Cc1ccc(NC(=O)C2CCN(c3nccn4nc(-c5ccccc5)cc34)CC2)cc1. The molecule has 5 rings (SSSR count). The molecule has 156 valence electrons. The average molecular weight is 412 g/mol. The second kappa shape index (κ2) is 8.22. The van der Waals surface area contributed by atoms with Crippen molar-refractivity contribution in [1.29, 1.82) is 0 Å². The predicted octanol–water partition coefficient (Wildman–Crippen LogP) is 4.56. The van der Waals surface area contributed by atoms with Crippen LogP contribution in [-0.4, -0.2) is 33.6 Å². The van der Waals surface area contributed by atoms with Crippen molar-refractivity contribution in [2.45, 2.75) is 19.8 Å². The van der Waals surface area contributed by atoms with E-state index in [2.05, 4.69) is 33.4 Å². The molecule has 2 aromatic heterocycles. The second-order valence-electron chi connectivity index (χ2n) is 8.09. The number of nitrogens with one attached hydrogen (secondary N) is 1. The van der Waals surface area contributed by atoms with Crippen LogP contribution in [0.4, 0.5) is 11.5 Å². The van der Waals surface area contributed by atoms with Gasteiger partial charge in [-0.15, -0.1) is 0 Å².